The lowest BCUT2D eigenvalue weighted by Crippen LogP contribution is -2.48. The molecule has 28 heavy (non-hydrogen) atoms. The quantitative estimate of drug-likeness (QED) is 0.555. The number of nitrogens with one attached hydrogen (secondary N) is 1. The molecule has 150 valence electrons. The van der Waals surface area contributed by atoms with Crippen molar-refractivity contribution in [1.29, 1.82) is 0 Å². The second-order valence-corrected chi connectivity index (χ2v) is 7.40. The fraction of sp³-hybridized carbons (Fsp3) is 0.364. The van der Waals surface area contributed by atoms with Gasteiger partial charge in [-0.25, -0.2) is 9.18 Å². The van der Waals surface area contributed by atoms with Crippen molar-refractivity contribution in [3.63, 3.8) is 0 Å². The molecule has 0 fully saturated rings. The number of carbonyl (C=O) groups excluding carboxylic acids is 2. The summed E-state index contributed by atoms with van der Waals surface area (Å²) in [4.78, 5) is 25.1. The monoisotopic (exact) mass is 386 g/mol. The summed E-state index contributed by atoms with van der Waals surface area (Å²) in [5.41, 5.74) is 0.173. The Bertz CT molecular complexity index is 769. The van der Waals surface area contributed by atoms with Crippen molar-refractivity contribution in [2.45, 2.75) is 33.2 Å². The molecule has 1 unspecified atom stereocenters. The second kappa shape index (κ2) is 9.88. The molecule has 0 aliphatic rings. The lowest BCUT2D eigenvalue weighted by atomic mass is 9.94. The third-order valence-corrected chi connectivity index (χ3v) is 3.94. The fourth-order valence-corrected chi connectivity index (χ4v) is 2.36. The van der Waals surface area contributed by atoms with Crippen molar-refractivity contribution >= 4 is 11.9 Å². The average Bonchev–Trinajstić information content (AvgIpc) is 2.66. The lowest BCUT2D eigenvalue weighted by Gasteiger charge is -2.23. The van der Waals surface area contributed by atoms with Crippen molar-refractivity contribution in [2.24, 2.45) is 5.41 Å². The Balaban J connectivity index is 2.13. The highest BCUT2D eigenvalue weighted by molar-refractivity contribution is 5.88. The van der Waals surface area contributed by atoms with Gasteiger partial charge in [-0.15, -0.1) is 0 Å². The lowest BCUT2D eigenvalue weighted by molar-refractivity contribution is -0.141. The van der Waals surface area contributed by atoms with Gasteiger partial charge < -0.3 is 14.8 Å². The number of para-hydroxylation sites is 1. The Morgan fingerprint density at radius 2 is 1.64 bits per heavy atom. The maximum Gasteiger partial charge on any atom is 0.334 e. The maximum absolute atomic E-state index is 12.7. The summed E-state index contributed by atoms with van der Waals surface area (Å²) in [5.74, 6) is 0.174. The van der Waals surface area contributed by atoms with Gasteiger partial charge in [-0.2, -0.15) is 0 Å². The van der Waals surface area contributed by atoms with Crippen LogP contribution in [0.5, 0.6) is 11.5 Å². The number of carbonyl (C=O) groups is 2. The van der Waals surface area contributed by atoms with E-state index in [1.165, 1.54) is 0 Å². The first-order valence-electron chi connectivity index (χ1n) is 9.15. The molecule has 1 N–H and O–H groups in total. The van der Waals surface area contributed by atoms with Gasteiger partial charge in [0.1, 0.15) is 30.8 Å². The molecule has 1 atom stereocenters. The van der Waals surface area contributed by atoms with Gasteiger partial charge in [0.05, 0.1) is 0 Å². The zero-order valence-corrected chi connectivity index (χ0v) is 16.4. The van der Waals surface area contributed by atoms with Crippen LogP contribution >= 0.6 is 0 Å². The molecule has 5 nitrogen and oxygen atoms in total. The molecular formula is C22H26FNO4. The molecule has 0 saturated heterocycles. The molecule has 2 aromatic carbocycles. The van der Waals surface area contributed by atoms with E-state index in [2.05, 4.69) is 5.32 Å². The number of rotatable bonds is 8. The third-order valence-electron chi connectivity index (χ3n) is 3.94. The second-order valence-electron chi connectivity index (χ2n) is 7.40. The van der Waals surface area contributed by atoms with Gasteiger partial charge in [0, 0.05) is 11.8 Å². The summed E-state index contributed by atoms with van der Waals surface area (Å²) in [6.45, 7) is 4.76. The van der Waals surface area contributed by atoms with Gasteiger partial charge in [-0.3, -0.25) is 4.79 Å². The molecular weight excluding hydrogens is 360 g/mol. The Kier molecular flexibility index (Phi) is 7.55. The van der Waals surface area contributed by atoms with Crippen LogP contribution in [0.3, 0.4) is 0 Å². The first-order valence-corrected chi connectivity index (χ1v) is 9.15. The molecule has 0 saturated carbocycles. The topological polar surface area (TPSA) is 64.6 Å². The Hall–Kier alpha value is -2.89. The van der Waals surface area contributed by atoms with Crippen LogP contribution in [0.4, 0.5) is 4.39 Å². The number of hydrogen-bond donors (Lipinski definition) is 1. The summed E-state index contributed by atoms with van der Waals surface area (Å²) in [5, 5.41) is 2.78. The number of halogens is 1. The molecule has 6 heteroatoms. The minimum Gasteiger partial charge on any atom is -0.491 e. The SMILES string of the molecule is CC(C)(C)C(=O)NC(Cc1ccc(OCC[18F])cc1)C(=O)Oc1ccccc1. The molecule has 0 spiro atoms. The normalized spacial score (nSPS) is 12.1. The van der Waals surface area contributed by atoms with E-state index in [-0.39, 0.29) is 18.9 Å². The van der Waals surface area contributed by atoms with Crippen LogP contribution in [-0.4, -0.2) is 31.2 Å². The van der Waals surface area contributed by atoms with Gasteiger partial charge in [0.2, 0.25) is 5.91 Å². The Morgan fingerprint density at radius 3 is 2.21 bits per heavy atom. The summed E-state index contributed by atoms with van der Waals surface area (Å²) >= 11 is 0. The number of hydrogen-bond acceptors (Lipinski definition) is 4. The largest absolute Gasteiger partial charge is 0.491 e. The van der Waals surface area contributed by atoms with Gasteiger partial charge in [0.15, 0.2) is 0 Å². The molecule has 0 aliphatic carbocycles. The van der Waals surface area contributed by atoms with E-state index >= 15 is 0 Å². The summed E-state index contributed by atoms with van der Waals surface area (Å²) in [6, 6.07) is 14.8. The molecule has 0 bridgehead atoms. The highest BCUT2D eigenvalue weighted by atomic mass is 18.2. The number of esters is 1. The summed E-state index contributed by atoms with van der Waals surface area (Å²) in [7, 11) is 0. The molecule has 2 aromatic rings. The highest BCUT2D eigenvalue weighted by Crippen LogP contribution is 2.17. The van der Waals surface area contributed by atoms with Crippen LogP contribution in [0.25, 0.3) is 0 Å². The predicted octanol–water partition coefficient (Wildman–Crippen LogP) is 3.71. The average molecular weight is 386 g/mol. The van der Waals surface area contributed by atoms with Crippen LogP contribution in [0, 0.1) is 5.41 Å². The first kappa shape index (κ1) is 21.4. The zero-order chi connectivity index (χ0) is 20.6. The van der Waals surface area contributed by atoms with E-state index in [9.17, 15) is 14.0 Å². The smallest absolute Gasteiger partial charge is 0.334 e. The standard InChI is InChI=1S/C22H26FNO4/c1-22(2,3)21(26)24-19(20(25)28-18-7-5-4-6-8-18)15-16-9-11-17(12-10-16)27-14-13-23/h4-12,19H,13-15H2,1-3H3,(H,24,26)/i23-1. The highest BCUT2D eigenvalue weighted by Gasteiger charge is 2.29. The van der Waals surface area contributed by atoms with E-state index < -0.39 is 24.1 Å². The number of alkyl halides is 1. The zero-order valence-electron chi connectivity index (χ0n) is 16.4. The van der Waals surface area contributed by atoms with Crippen LogP contribution < -0.4 is 14.8 Å². The number of benzene rings is 2. The van der Waals surface area contributed by atoms with Gasteiger partial charge in [0.25, 0.3) is 0 Å². The summed E-state index contributed by atoms with van der Waals surface area (Å²) in [6.07, 6.45) is 0.261. The number of ether oxygens (including phenoxy) is 2. The Labute approximate surface area is 164 Å². The van der Waals surface area contributed by atoms with Crippen LogP contribution in [0.1, 0.15) is 26.3 Å². The third kappa shape index (κ3) is 6.68. The van der Waals surface area contributed by atoms with Crippen molar-refractivity contribution in [1.82, 2.24) is 5.32 Å². The minimum atomic E-state index is -0.843. The van der Waals surface area contributed by atoms with E-state index in [0.29, 0.717) is 11.5 Å². The van der Waals surface area contributed by atoms with Gasteiger partial charge >= 0.3 is 5.97 Å². The first-order chi connectivity index (χ1) is 13.3. The fourth-order valence-electron chi connectivity index (χ4n) is 2.36. The van der Waals surface area contributed by atoms with E-state index in [4.69, 9.17) is 9.47 Å². The molecule has 0 aliphatic heterocycles. The van der Waals surface area contributed by atoms with Crippen LogP contribution in [0.15, 0.2) is 54.6 Å². The van der Waals surface area contributed by atoms with Crippen molar-refractivity contribution in [3.05, 3.63) is 60.2 Å². The molecule has 2 rings (SSSR count). The van der Waals surface area contributed by atoms with Gasteiger partial charge in [-0.05, 0) is 29.8 Å². The summed E-state index contributed by atoms with van der Waals surface area (Å²) < 4.78 is 22.8. The minimum absolute atomic E-state index is 0.00693. The van der Waals surface area contributed by atoms with E-state index in [1.54, 1.807) is 69.3 Å². The van der Waals surface area contributed by atoms with Crippen molar-refractivity contribution in [2.75, 3.05) is 13.3 Å². The maximum atomic E-state index is 12.7. The van der Waals surface area contributed by atoms with Crippen molar-refractivity contribution < 1.29 is 23.5 Å². The van der Waals surface area contributed by atoms with E-state index in [1.807, 2.05) is 6.07 Å². The molecule has 1 amide bonds. The van der Waals surface area contributed by atoms with Crippen LogP contribution in [0.2, 0.25) is 0 Å². The predicted molar refractivity (Wildman–Crippen MR) is 105 cm³/mol. The number of amides is 1. The van der Waals surface area contributed by atoms with Crippen molar-refractivity contribution in [3.8, 4) is 11.5 Å². The Morgan fingerprint density at radius 1 is 1.00 bits per heavy atom. The van der Waals surface area contributed by atoms with E-state index in [0.717, 1.165) is 5.56 Å². The molecule has 0 heterocycles. The van der Waals surface area contributed by atoms with Gasteiger partial charge in [-0.1, -0.05) is 51.1 Å². The molecule has 0 aromatic heterocycles. The van der Waals surface area contributed by atoms with Crippen LogP contribution in [-0.2, 0) is 16.0 Å². The molecule has 0 radical (unpaired) electrons.